The van der Waals surface area contributed by atoms with Crippen molar-refractivity contribution in [1.29, 1.82) is 0 Å². The number of nitrogens with one attached hydrogen (secondary N) is 1. The lowest BCUT2D eigenvalue weighted by Crippen LogP contribution is -2.37. The van der Waals surface area contributed by atoms with Crippen LogP contribution in [0.5, 0.6) is 11.5 Å². The van der Waals surface area contributed by atoms with Crippen LogP contribution in [-0.2, 0) is 16.0 Å². The lowest BCUT2D eigenvalue weighted by Gasteiger charge is -2.19. The molecule has 0 saturated heterocycles. The molecular formula is C22H27NO5. The highest BCUT2D eigenvalue weighted by Crippen LogP contribution is 2.28. The van der Waals surface area contributed by atoms with Crippen LogP contribution in [0.4, 0.5) is 0 Å². The van der Waals surface area contributed by atoms with Gasteiger partial charge in [0.25, 0.3) is 0 Å². The molecule has 0 saturated carbocycles. The molecule has 0 radical (unpaired) electrons. The Hall–Kier alpha value is -3.02. The molecule has 28 heavy (non-hydrogen) atoms. The summed E-state index contributed by atoms with van der Waals surface area (Å²) in [5.74, 6) is -0.612. The molecular weight excluding hydrogens is 358 g/mol. The molecule has 150 valence electrons. The largest absolute Gasteiger partial charge is 0.493 e. The maximum Gasteiger partial charge on any atom is 0.330 e. The smallest absolute Gasteiger partial charge is 0.330 e. The van der Waals surface area contributed by atoms with Gasteiger partial charge in [-0.15, -0.1) is 0 Å². The highest BCUT2D eigenvalue weighted by molar-refractivity contribution is 5.86. The van der Waals surface area contributed by atoms with Gasteiger partial charge < -0.3 is 19.9 Å². The van der Waals surface area contributed by atoms with E-state index in [9.17, 15) is 14.7 Å². The van der Waals surface area contributed by atoms with E-state index in [1.165, 1.54) is 0 Å². The first-order chi connectivity index (χ1) is 13.2. The number of carboxylic acid groups (broad SMARTS) is 1. The van der Waals surface area contributed by atoms with E-state index < -0.39 is 17.9 Å². The minimum Gasteiger partial charge on any atom is -0.493 e. The van der Waals surface area contributed by atoms with Crippen LogP contribution in [0.25, 0.3) is 0 Å². The van der Waals surface area contributed by atoms with Gasteiger partial charge in [-0.25, -0.2) is 4.79 Å². The van der Waals surface area contributed by atoms with Gasteiger partial charge in [-0.2, -0.15) is 0 Å². The lowest BCUT2D eigenvalue weighted by molar-refractivity contribution is -0.142. The third-order valence-electron chi connectivity index (χ3n) is 4.55. The molecule has 0 aromatic heterocycles. The normalized spacial score (nSPS) is 12.8. The highest BCUT2D eigenvalue weighted by Gasteiger charge is 2.25. The Morgan fingerprint density at radius 3 is 2.14 bits per heavy atom. The van der Waals surface area contributed by atoms with Crippen LogP contribution in [-0.4, -0.2) is 31.2 Å². The molecule has 6 heteroatoms. The Morgan fingerprint density at radius 2 is 1.61 bits per heavy atom. The average Bonchev–Trinajstić information content (AvgIpc) is 2.64. The van der Waals surface area contributed by atoms with Crippen LogP contribution < -0.4 is 14.8 Å². The van der Waals surface area contributed by atoms with E-state index in [1.54, 1.807) is 39.3 Å². The topological polar surface area (TPSA) is 84.9 Å². The van der Waals surface area contributed by atoms with E-state index in [0.29, 0.717) is 23.5 Å². The minimum atomic E-state index is -1.09. The zero-order chi connectivity index (χ0) is 20.8. The molecule has 0 fully saturated rings. The molecule has 0 aliphatic carbocycles. The minimum absolute atomic E-state index is 0.318. The molecule has 2 aromatic rings. The van der Waals surface area contributed by atoms with Crippen LogP contribution in [0.3, 0.4) is 0 Å². The van der Waals surface area contributed by atoms with Gasteiger partial charge in [0.2, 0.25) is 5.91 Å². The van der Waals surface area contributed by atoms with Crippen molar-refractivity contribution in [1.82, 2.24) is 5.32 Å². The van der Waals surface area contributed by atoms with Crippen LogP contribution in [0.1, 0.15) is 35.2 Å². The van der Waals surface area contributed by atoms with Gasteiger partial charge in [0.05, 0.1) is 14.2 Å². The maximum atomic E-state index is 12.7. The number of carboxylic acids is 1. The zero-order valence-electron chi connectivity index (χ0n) is 16.9. The summed E-state index contributed by atoms with van der Waals surface area (Å²) in [5.41, 5.74) is 3.37. The molecule has 1 amide bonds. The third-order valence-corrected chi connectivity index (χ3v) is 4.55. The van der Waals surface area contributed by atoms with Crippen molar-refractivity contribution < 1.29 is 24.2 Å². The second-order valence-corrected chi connectivity index (χ2v) is 7.00. The molecule has 2 atom stereocenters. The van der Waals surface area contributed by atoms with Gasteiger partial charge in [-0.3, -0.25) is 4.79 Å². The van der Waals surface area contributed by atoms with Crippen molar-refractivity contribution in [2.75, 3.05) is 14.2 Å². The van der Waals surface area contributed by atoms with Crippen molar-refractivity contribution in [2.45, 2.75) is 33.2 Å². The fourth-order valence-corrected chi connectivity index (χ4v) is 3.20. The summed E-state index contributed by atoms with van der Waals surface area (Å²) in [5, 5.41) is 12.3. The monoisotopic (exact) mass is 385 g/mol. The van der Waals surface area contributed by atoms with Gasteiger partial charge in [-0.05, 0) is 43.5 Å². The Labute approximate surface area is 165 Å². The number of benzene rings is 2. The quantitative estimate of drug-likeness (QED) is 0.727. The number of hydrogen-bond donors (Lipinski definition) is 2. The first-order valence-corrected chi connectivity index (χ1v) is 9.07. The number of rotatable bonds is 8. The number of carbonyl (C=O) groups excluding carboxylic acids is 1. The maximum absolute atomic E-state index is 12.7. The van der Waals surface area contributed by atoms with Crippen molar-refractivity contribution >= 4 is 11.9 Å². The number of hydrogen-bond acceptors (Lipinski definition) is 4. The van der Waals surface area contributed by atoms with Crippen molar-refractivity contribution in [3.63, 3.8) is 0 Å². The molecule has 0 spiro atoms. The summed E-state index contributed by atoms with van der Waals surface area (Å²) < 4.78 is 10.5. The van der Waals surface area contributed by atoms with Crippen LogP contribution in [0, 0.1) is 19.8 Å². The molecule has 2 aromatic carbocycles. The highest BCUT2D eigenvalue weighted by atomic mass is 16.5. The van der Waals surface area contributed by atoms with Gasteiger partial charge in [-0.1, -0.05) is 42.3 Å². The van der Waals surface area contributed by atoms with E-state index in [0.717, 1.165) is 16.7 Å². The van der Waals surface area contributed by atoms with Gasteiger partial charge in [0.1, 0.15) is 0 Å². The zero-order valence-corrected chi connectivity index (χ0v) is 16.9. The molecule has 0 aliphatic rings. The van der Waals surface area contributed by atoms with Gasteiger partial charge >= 0.3 is 5.97 Å². The summed E-state index contributed by atoms with van der Waals surface area (Å²) in [6, 6.07) is 9.92. The standard InChI is InChI=1S/C22H27NO5/c1-13-8-14(2)10-17(9-13)20(22(25)26)23-21(24)15(3)11-16-6-7-18(27-4)19(12-16)28-5/h6-10,12,15,20H,11H2,1-5H3,(H,23,24)(H,25,26). The molecule has 0 heterocycles. The third kappa shape index (κ3) is 5.25. The van der Waals surface area contributed by atoms with Crippen molar-refractivity contribution in [2.24, 2.45) is 5.92 Å². The fraction of sp³-hybridized carbons (Fsp3) is 0.364. The molecule has 2 rings (SSSR count). The van der Waals surface area contributed by atoms with E-state index in [-0.39, 0.29) is 5.91 Å². The fourth-order valence-electron chi connectivity index (χ4n) is 3.20. The number of amides is 1. The van der Waals surface area contributed by atoms with Crippen LogP contribution in [0.15, 0.2) is 36.4 Å². The molecule has 2 unspecified atom stereocenters. The Morgan fingerprint density at radius 1 is 1.00 bits per heavy atom. The Kier molecular flexibility index (Phi) is 7.04. The van der Waals surface area contributed by atoms with E-state index >= 15 is 0 Å². The second kappa shape index (κ2) is 9.26. The summed E-state index contributed by atoms with van der Waals surface area (Å²) in [6.45, 7) is 5.57. The van der Waals surface area contributed by atoms with E-state index in [1.807, 2.05) is 32.0 Å². The van der Waals surface area contributed by atoms with Crippen LogP contribution in [0.2, 0.25) is 0 Å². The molecule has 0 bridgehead atoms. The number of ether oxygens (including phenoxy) is 2. The van der Waals surface area contributed by atoms with Gasteiger partial charge in [0.15, 0.2) is 17.5 Å². The predicted octanol–water partition coefficient (Wildman–Crippen LogP) is 3.44. The SMILES string of the molecule is COc1ccc(CC(C)C(=O)NC(C(=O)O)c2cc(C)cc(C)c2)cc1OC. The predicted molar refractivity (Wildman–Crippen MR) is 107 cm³/mol. The first-order valence-electron chi connectivity index (χ1n) is 9.07. The van der Waals surface area contributed by atoms with E-state index in [2.05, 4.69) is 5.32 Å². The summed E-state index contributed by atoms with van der Waals surface area (Å²) in [4.78, 5) is 24.4. The summed E-state index contributed by atoms with van der Waals surface area (Å²) >= 11 is 0. The van der Waals surface area contributed by atoms with Crippen molar-refractivity contribution in [3.8, 4) is 11.5 Å². The molecule has 6 nitrogen and oxygen atoms in total. The number of aliphatic carboxylic acids is 1. The lowest BCUT2D eigenvalue weighted by atomic mass is 9.97. The number of carbonyl (C=O) groups is 2. The second-order valence-electron chi connectivity index (χ2n) is 7.00. The van der Waals surface area contributed by atoms with Crippen molar-refractivity contribution in [3.05, 3.63) is 58.7 Å². The molecule has 0 aliphatic heterocycles. The Balaban J connectivity index is 2.14. The Bertz CT molecular complexity index is 842. The first kappa shape index (κ1) is 21.3. The van der Waals surface area contributed by atoms with E-state index in [4.69, 9.17) is 9.47 Å². The summed E-state index contributed by atoms with van der Waals surface area (Å²) in [6.07, 6.45) is 0.450. The number of methoxy groups -OCH3 is 2. The van der Waals surface area contributed by atoms with Gasteiger partial charge in [0, 0.05) is 5.92 Å². The summed E-state index contributed by atoms with van der Waals surface area (Å²) in [7, 11) is 3.12. The molecule has 2 N–H and O–H groups in total. The number of aryl methyl sites for hydroxylation is 2. The van der Waals surface area contributed by atoms with Crippen LogP contribution >= 0.6 is 0 Å². The average molecular weight is 385 g/mol.